The summed E-state index contributed by atoms with van der Waals surface area (Å²) in [6, 6.07) is 7.07. The molecule has 1 N–H and O–H groups in total. The Morgan fingerprint density at radius 3 is 2.50 bits per heavy atom. The summed E-state index contributed by atoms with van der Waals surface area (Å²) in [5, 5.41) is 2.73. The predicted molar refractivity (Wildman–Crippen MR) is 106 cm³/mol. The second-order valence-corrected chi connectivity index (χ2v) is 7.54. The minimum atomic E-state index is -0.573. The summed E-state index contributed by atoms with van der Waals surface area (Å²) in [6.07, 6.45) is 1.27. The molecular weight excluding hydrogens is 360 g/mol. The van der Waals surface area contributed by atoms with Crippen LogP contribution in [0, 0.1) is 0 Å². The van der Waals surface area contributed by atoms with Crippen LogP contribution in [0.4, 0.5) is 10.5 Å². The van der Waals surface area contributed by atoms with Crippen molar-refractivity contribution in [3.63, 3.8) is 0 Å². The zero-order valence-electron chi connectivity index (χ0n) is 16.9. The van der Waals surface area contributed by atoms with Gasteiger partial charge in [-0.15, -0.1) is 0 Å². The van der Waals surface area contributed by atoms with Crippen molar-refractivity contribution in [3.8, 4) is 11.5 Å². The largest absolute Gasteiger partial charge is 0.465 e. The van der Waals surface area contributed by atoms with Gasteiger partial charge in [0.05, 0.1) is 35.1 Å². The normalized spacial score (nSPS) is 11.5. The number of aromatic nitrogens is 3. The van der Waals surface area contributed by atoms with Gasteiger partial charge in [0, 0.05) is 20.3 Å². The van der Waals surface area contributed by atoms with Crippen molar-refractivity contribution in [2.45, 2.75) is 26.4 Å². The number of esters is 1. The van der Waals surface area contributed by atoms with Crippen LogP contribution in [0.15, 0.2) is 30.5 Å². The van der Waals surface area contributed by atoms with E-state index in [0.717, 1.165) is 11.2 Å². The molecule has 1 aromatic carbocycles. The van der Waals surface area contributed by atoms with Gasteiger partial charge in [-0.25, -0.2) is 14.6 Å². The molecule has 0 saturated carbocycles. The number of rotatable bonds is 3. The van der Waals surface area contributed by atoms with Gasteiger partial charge < -0.3 is 18.6 Å². The topological polar surface area (TPSA) is 87.4 Å². The highest BCUT2D eigenvalue weighted by Crippen LogP contribution is 2.27. The fourth-order valence-electron chi connectivity index (χ4n) is 2.95. The first kappa shape index (κ1) is 19.5. The first-order chi connectivity index (χ1) is 13.1. The average molecular weight is 384 g/mol. The molecule has 3 rings (SSSR count). The van der Waals surface area contributed by atoms with Gasteiger partial charge >= 0.3 is 12.1 Å². The maximum Gasteiger partial charge on any atom is 0.412 e. The lowest BCUT2D eigenvalue weighted by Gasteiger charge is -2.19. The van der Waals surface area contributed by atoms with Crippen molar-refractivity contribution >= 4 is 28.8 Å². The second kappa shape index (κ2) is 7.03. The summed E-state index contributed by atoms with van der Waals surface area (Å²) in [7, 11) is 5.12. The van der Waals surface area contributed by atoms with Crippen molar-refractivity contribution in [2.75, 3.05) is 12.4 Å². The Morgan fingerprint density at radius 1 is 1.14 bits per heavy atom. The third-order valence-corrected chi connectivity index (χ3v) is 4.18. The molecule has 0 aliphatic carbocycles. The Morgan fingerprint density at radius 2 is 1.86 bits per heavy atom. The van der Waals surface area contributed by atoms with Crippen LogP contribution in [0.2, 0.25) is 0 Å². The molecule has 8 nitrogen and oxygen atoms in total. The van der Waals surface area contributed by atoms with E-state index in [1.54, 1.807) is 18.3 Å². The lowest BCUT2D eigenvalue weighted by Crippen LogP contribution is -2.27. The number of methoxy groups -OCH3 is 1. The molecule has 0 aliphatic heterocycles. The highest BCUT2D eigenvalue weighted by atomic mass is 16.6. The SMILES string of the molecule is COC(=O)c1ccc2c(c1)nc(-c1cc(NC(=O)OC(C)(C)C)cn1C)n2C. The Kier molecular flexibility index (Phi) is 4.89. The second-order valence-electron chi connectivity index (χ2n) is 7.54. The molecule has 28 heavy (non-hydrogen) atoms. The Bertz CT molecular complexity index is 1060. The van der Waals surface area contributed by atoms with Gasteiger partial charge in [0.25, 0.3) is 0 Å². The molecular formula is C20H24N4O4. The molecule has 0 saturated heterocycles. The van der Waals surface area contributed by atoms with E-state index in [4.69, 9.17) is 9.47 Å². The maximum atomic E-state index is 12.0. The molecule has 2 aromatic heterocycles. The van der Waals surface area contributed by atoms with Crippen LogP contribution in [0.5, 0.6) is 0 Å². The van der Waals surface area contributed by atoms with Crippen LogP contribution < -0.4 is 5.32 Å². The lowest BCUT2D eigenvalue weighted by atomic mass is 10.2. The van der Waals surface area contributed by atoms with Gasteiger partial charge in [-0.1, -0.05) is 0 Å². The van der Waals surface area contributed by atoms with Crippen LogP contribution in [0.1, 0.15) is 31.1 Å². The van der Waals surface area contributed by atoms with Crippen molar-refractivity contribution in [3.05, 3.63) is 36.0 Å². The Balaban J connectivity index is 1.94. The number of nitrogens with one attached hydrogen (secondary N) is 1. The summed E-state index contributed by atoms with van der Waals surface area (Å²) in [6.45, 7) is 5.43. The summed E-state index contributed by atoms with van der Waals surface area (Å²) in [5.41, 5.74) is 2.85. The van der Waals surface area contributed by atoms with E-state index < -0.39 is 17.7 Å². The first-order valence-corrected chi connectivity index (χ1v) is 8.80. The quantitative estimate of drug-likeness (QED) is 0.696. The molecule has 0 unspecified atom stereocenters. The number of hydrogen-bond donors (Lipinski definition) is 1. The van der Waals surface area contributed by atoms with Crippen LogP contribution in [-0.2, 0) is 23.6 Å². The predicted octanol–water partition coefficient (Wildman–Crippen LogP) is 3.71. The van der Waals surface area contributed by atoms with Crippen molar-refractivity contribution in [2.24, 2.45) is 14.1 Å². The molecule has 0 atom stereocenters. The van der Waals surface area contributed by atoms with E-state index >= 15 is 0 Å². The molecule has 2 heterocycles. The maximum absolute atomic E-state index is 12.0. The van der Waals surface area contributed by atoms with E-state index in [1.165, 1.54) is 7.11 Å². The monoisotopic (exact) mass is 384 g/mol. The summed E-state index contributed by atoms with van der Waals surface area (Å²) in [4.78, 5) is 28.4. The third-order valence-electron chi connectivity index (χ3n) is 4.18. The highest BCUT2D eigenvalue weighted by Gasteiger charge is 2.19. The molecule has 3 aromatic rings. The van der Waals surface area contributed by atoms with Gasteiger partial charge in [-0.2, -0.15) is 0 Å². The number of carbonyl (C=O) groups excluding carboxylic acids is 2. The van der Waals surface area contributed by atoms with Crippen LogP contribution >= 0.6 is 0 Å². The fraction of sp³-hybridized carbons (Fsp3) is 0.350. The number of aryl methyl sites for hydroxylation is 2. The van der Waals surface area contributed by atoms with Gasteiger partial charge in [0.1, 0.15) is 5.60 Å². The molecule has 8 heteroatoms. The number of amides is 1. The smallest absolute Gasteiger partial charge is 0.412 e. The first-order valence-electron chi connectivity index (χ1n) is 8.80. The summed E-state index contributed by atoms with van der Waals surface area (Å²) < 4.78 is 13.9. The summed E-state index contributed by atoms with van der Waals surface area (Å²) in [5.74, 6) is 0.300. The zero-order chi connectivity index (χ0) is 20.6. The number of fused-ring (bicyclic) bond motifs is 1. The van der Waals surface area contributed by atoms with E-state index in [2.05, 4.69) is 10.3 Å². The zero-order valence-corrected chi connectivity index (χ0v) is 16.9. The fourth-order valence-corrected chi connectivity index (χ4v) is 2.95. The molecule has 0 bridgehead atoms. The minimum absolute atomic E-state index is 0.406. The molecule has 0 spiro atoms. The number of ether oxygens (including phenoxy) is 2. The van der Waals surface area contributed by atoms with E-state index in [0.29, 0.717) is 22.6 Å². The number of benzene rings is 1. The van der Waals surface area contributed by atoms with E-state index in [1.807, 2.05) is 56.1 Å². The lowest BCUT2D eigenvalue weighted by molar-refractivity contribution is 0.0598. The molecule has 0 radical (unpaired) electrons. The van der Waals surface area contributed by atoms with Gasteiger partial charge in [0.2, 0.25) is 0 Å². The van der Waals surface area contributed by atoms with Crippen molar-refractivity contribution in [1.29, 1.82) is 0 Å². The molecule has 148 valence electrons. The highest BCUT2D eigenvalue weighted by molar-refractivity contribution is 5.94. The number of carbonyl (C=O) groups is 2. The average Bonchev–Trinajstić information content (AvgIpc) is 3.11. The van der Waals surface area contributed by atoms with Gasteiger partial charge in [0.15, 0.2) is 5.82 Å². The van der Waals surface area contributed by atoms with Crippen molar-refractivity contribution < 1.29 is 19.1 Å². The minimum Gasteiger partial charge on any atom is -0.465 e. The van der Waals surface area contributed by atoms with Crippen LogP contribution in [-0.4, -0.2) is 38.9 Å². The third kappa shape index (κ3) is 3.85. The molecule has 0 fully saturated rings. The van der Waals surface area contributed by atoms with Crippen LogP contribution in [0.3, 0.4) is 0 Å². The van der Waals surface area contributed by atoms with Gasteiger partial charge in [-0.3, -0.25) is 5.32 Å². The number of imidazole rings is 1. The summed E-state index contributed by atoms with van der Waals surface area (Å²) >= 11 is 0. The number of nitrogens with zero attached hydrogens (tertiary/aromatic N) is 3. The standard InChI is InChI=1S/C20H24N4O4/c1-20(2,3)28-19(26)21-13-10-16(23(4)11-13)17-22-14-9-12(18(25)27-6)7-8-15(14)24(17)5/h7-11H,1-6H3,(H,21,26). The Labute approximate surface area is 163 Å². The van der Waals surface area contributed by atoms with Crippen molar-refractivity contribution in [1.82, 2.24) is 14.1 Å². The van der Waals surface area contributed by atoms with E-state index in [-0.39, 0.29) is 0 Å². The Hall–Kier alpha value is -3.29. The number of hydrogen-bond acceptors (Lipinski definition) is 5. The van der Waals surface area contributed by atoms with E-state index in [9.17, 15) is 9.59 Å². The van der Waals surface area contributed by atoms with Crippen LogP contribution in [0.25, 0.3) is 22.6 Å². The van der Waals surface area contributed by atoms with Gasteiger partial charge in [-0.05, 0) is 45.0 Å². The molecule has 1 amide bonds. The molecule has 0 aliphatic rings. The number of anilines is 1.